The van der Waals surface area contributed by atoms with Crippen LogP contribution in [0.5, 0.6) is 0 Å². The molecule has 0 saturated carbocycles. The lowest BCUT2D eigenvalue weighted by molar-refractivity contribution is -2.00. The van der Waals surface area contributed by atoms with E-state index in [2.05, 4.69) is 15.9 Å². The van der Waals surface area contributed by atoms with E-state index in [1.54, 1.807) is 12.5 Å². The third-order valence-electron chi connectivity index (χ3n) is 0.593. The standard InChI is InChI=1S/C5H4BrO.ClHO4/c6-5-2-1-3-7-4-5;2-1(3,4)5/h1-4H;(H,2,3,4,5)/q+1;/p-1. The van der Waals surface area contributed by atoms with E-state index in [-0.39, 0.29) is 0 Å². The molecule has 7 heteroatoms. The second kappa shape index (κ2) is 5.41. The summed E-state index contributed by atoms with van der Waals surface area (Å²) in [4.78, 5) is 0. The maximum Gasteiger partial charge on any atom is 0.331 e. The normalized spacial score (nSPS) is 10.1. The molecule has 12 heavy (non-hydrogen) atoms. The highest BCUT2D eigenvalue weighted by molar-refractivity contribution is 9.10. The van der Waals surface area contributed by atoms with Gasteiger partial charge in [0.1, 0.15) is 4.47 Å². The highest BCUT2D eigenvalue weighted by Crippen LogP contribution is 2.05. The van der Waals surface area contributed by atoms with Crippen LogP contribution in [0, 0.1) is 10.2 Å². The van der Waals surface area contributed by atoms with Crippen molar-refractivity contribution in [2.45, 2.75) is 0 Å². The third-order valence-corrected chi connectivity index (χ3v) is 1.04. The fourth-order valence-corrected chi connectivity index (χ4v) is 0.581. The molecule has 0 N–H and O–H groups in total. The Hall–Kier alpha value is -0.240. The monoisotopic (exact) mass is 258 g/mol. The molecule has 0 bridgehead atoms. The topological polar surface area (TPSA) is 104 Å². The highest BCUT2D eigenvalue weighted by Gasteiger charge is 1.87. The zero-order chi connectivity index (χ0) is 9.61. The van der Waals surface area contributed by atoms with Crippen molar-refractivity contribution in [1.82, 2.24) is 0 Å². The van der Waals surface area contributed by atoms with E-state index in [4.69, 9.17) is 23.1 Å². The van der Waals surface area contributed by atoms with E-state index in [1.165, 1.54) is 0 Å². The van der Waals surface area contributed by atoms with Crippen LogP contribution in [-0.2, 0) is 0 Å². The largest absolute Gasteiger partial charge is 0.331 e. The van der Waals surface area contributed by atoms with Crippen LogP contribution in [0.2, 0.25) is 0 Å². The van der Waals surface area contributed by atoms with Crippen LogP contribution in [-0.4, -0.2) is 0 Å². The van der Waals surface area contributed by atoms with E-state index in [0.29, 0.717) is 0 Å². The van der Waals surface area contributed by atoms with Gasteiger partial charge in [-0.3, -0.25) is 0 Å². The van der Waals surface area contributed by atoms with Crippen LogP contribution >= 0.6 is 15.9 Å². The summed E-state index contributed by atoms with van der Waals surface area (Å²) < 4.78 is 39.7. The molecule has 1 heterocycles. The minimum atomic E-state index is -4.94. The molecule has 0 fully saturated rings. The molecule has 1 aromatic heterocycles. The second-order valence-corrected chi connectivity index (χ2v) is 3.18. The molecule has 5 nitrogen and oxygen atoms in total. The van der Waals surface area contributed by atoms with Gasteiger partial charge in [-0.2, -0.15) is 0 Å². The lowest BCUT2D eigenvalue weighted by atomic mass is 10.5. The minimum Gasteiger partial charge on any atom is -0.223 e. The smallest absolute Gasteiger partial charge is 0.223 e. The fourth-order valence-electron chi connectivity index (χ4n) is 0.320. The number of halogens is 2. The Morgan fingerprint density at radius 3 is 1.92 bits per heavy atom. The molecule has 0 saturated heterocycles. The molecule has 0 aliphatic rings. The Balaban J connectivity index is 0.000000217. The second-order valence-electron chi connectivity index (χ2n) is 1.51. The van der Waals surface area contributed by atoms with Gasteiger partial charge in [-0.25, -0.2) is 23.1 Å². The fraction of sp³-hybridized carbons (Fsp3) is 0. The summed E-state index contributed by atoms with van der Waals surface area (Å²) in [5, 5.41) is 0. The number of rotatable bonds is 0. The van der Waals surface area contributed by atoms with E-state index in [0.717, 1.165) is 4.47 Å². The molecule has 0 aliphatic heterocycles. The molecular weight excluding hydrogens is 255 g/mol. The first-order chi connectivity index (χ1) is 5.39. The van der Waals surface area contributed by atoms with Gasteiger partial charge in [0, 0.05) is 6.07 Å². The van der Waals surface area contributed by atoms with Gasteiger partial charge in [0.05, 0.1) is 0 Å². The van der Waals surface area contributed by atoms with Gasteiger partial charge in [0.15, 0.2) is 0 Å². The molecule has 0 aromatic carbocycles. The zero-order valence-corrected chi connectivity index (χ0v) is 7.95. The van der Waals surface area contributed by atoms with Crippen LogP contribution in [0.1, 0.15) is 0 Å². The van der Waals surface area contributed by atoms with Gasteiger partial charge in [0.2, 0.25) is 0 Å². The summed E-state index contributed by atoms with van der Waals surface area (Å²) in [5.74, 6) is 0. The summed E-state index contributed by atoms with van der Waals surface area (Å²) in [6.07, 6.45) is 3.24. The molecule has 1 aromatic rings. The van der Waals surface area contributed by atoms with E-state index in [1.807, 2.05) is 12.1 Å². The van der Waals surface area contributed by atoms with Crippen molar-refractivity contribution in [2.75, 3.05) is 0 Å². The average Bonchev–Trinajstić information content (AvgIpc) is 1.85. The van der Waals surface area contributed by atoms with Crippen molar-refractivity contribution in [3.63, 3.8) is 0 Å². The molecular formula is C5H4BrClO5. The van der Waals surface area contributed by atoms with Crippen molar-refractivity contribution in [1.29, 1.82) is 0 Å². The third kappa shape index (κ3) is 12.4. The summed E-state index contributed by atoms with van der Waals surface area (Å²) in [6.45, 7) is 0. The van der Waals surface area contributed by atoms with Gasteiger partial charge in [-0.05, 0) is 22.0 Å². The Morgan fingerprint density at radius 2 is 1.75 bits per heavy atom. The summed E-state index contributed by atoms with van der Waals surface area (Å²) in [7, 11) is -4.94. The van der Waals surface area contributed by atoms with Crippen LogP contribution in [0.15, 0.2) is 33.5 Å². The quantitative estimate of drug-likeness (QED) is 0.482. The SMILES string of the molecule is Brc1ccc[o+]c1.[O-][Cl+3]([O-])([O-])[O-]. The van der Waals surface area contributed by atoms with E-state index in [9.17, 15) is 0 Å². The first kappa shape index (κ1) is 11.8. The summed E-state index contributed by atoms with van der Waals surface area (Å²) in [5.41, 5.74) is 0. The molecule has 68 valence electrons. The predicted octanol–water partition coefficient (Wildman–Crippen LogP) is -2.43. The molecule has 0 atom stereocenters. The van der Waals surface area contributed by atoms with Gasteiger partial charge < -0.3 is 0 Å². The van der Waals surface area contributed by atoms with E-state index < -0.39 is 10.2 Å². The lowest BCUT2D eigenvalue weighted by Gasteiger charge is -2.17. The predicted molar refractivity (Wildman–Crippen MR) is 30.8 cm³/mol. The van der Waals surface area contributed by atoms with Crippen molar-refractivity contribution in [3.8, 4) is 0 Å². The summed E-state index contributed by atoms with van der Waals surface area (Å²) >= 11 is 3.22. The highest BCUT2D eigenvalue weighted by atomic mass is 79.9. The van der Waals surface area contributed by atoms with Crippen molar-refractivity contribution < 1.29 is 33.3 Å². The molecule has 0 unspecified atom stereocenters. The van der Waals surface area contributed by atoms with Crippen molar-refractivity contribution >= 4 is 15.9 Å². The van der Waals surface area contributed by atoms with E-state index >= 15 is 0 Å². The number of hydrogen-bond donors (Lipinski definition) is 0. The Kier molecular flexibility index (Phi) is 5.31. The first-order valence-corrected chi connectivity index (χ1v) is 4.55. The first-order valence-electron chi connectivity index (χ1n) is 2.52. The van der Waals surface area contributed by atoms with Crippen molar-refractivity contribution in [3.05, 3.63) is 29.1 Å². The Morgan fingerprint density at radius 1 is 1.25 bits per heavy atom. The molecule has 0 amide bonds. The maximum absolute atomic E-state index is 8.49. The number of hydrogen-bond acceptors (Lipinski definition) is 4. The Labute approximate surface area is 78.7 Å². The summed E-state index contributed by atoms with van der Waals surface area (Å²) in [6, 6.07) is 3.73. The molecule has 0 spiro atoms. The molecule has 0 radical (unpaired) electrons. The van der Waals surface area contributed by atoms with Crippen LogP contribution < -0.4 is 18.6 Å². The van der Waals surface area contributed by atoms with Crippen LogP contribution in [0.3, 0.4) is 0 Å². The molecule has 1 rings (SSSR count). The minimum absolute atomic E-state index is 0.968. The van der Waals surface area contributed by atoms with Gasteiger partial charge in [0.25, 0.3) is 0 Å². The van der Waals surface area contributed by atoms with Gasteiger partial charge in [-0.1, -0.05) is 0 Å². The lowest BCUT2D eigenvalue weighted by Crippen LogP contribution is -2.68. The van der Waals surface area contributed by atoms with Crippen LogP contribution in [0.25, 0.3) is 0 Å². The van der Waals surface area contributed by atoms with Crippen molar-refractivity contribution in [2.24, 2.45) is 0 Å². The van der Waals surface area contributed by atoms with Crippen LogP contribution in [0.4, 0.5) is 0 Å². The van der Waals surface area contributed by atoms with Gasteiger partial charge in [-0.15, -0.1) is 10.2 Å². The van der Waals surface area contributed by atoms with Gasteiger partial charge >= 0.3 is 12.5 Å². The maximum atomic E-state index is 8.49. The average molecular weight is 259 g/mol. The zero-order valence-electron chi connectivity index (χ0n) is 5.61. The molecule has 0 aliphatic carbocycles. The Bertz CT molecular complexity index is 205.